The molecule has 5 nitrogen and oxygen atoms in total. The zero-order valence-corrected chi connectivity index (χ0v) is 12.0. The standard InChI is InChI=1S/C13H16BrN3O2/c14-9-1-3-10(4-2-9)17-11(18)5-8-16-12(19)13(15)6-7-13/h1-4H,5-8,15H2,(H,16,19)(H,17,18). The molecule has 0 unspecified atom stereocenters. The van der Waals surface area contributed by atoms with Crippen molar-refractivity contribution in [2.24, 2.45) is 5.73 Å². The Kier molecular flexibility index (Phi) is 4.21. The molecule has 102 valence electrons. The van der Waals surface area contributed by atoms with Crippen molar-refractivity contribution in [2.45, 2.75) is 24.8 Å². The largest absolute Gasteiger partial charge is 0.354 e. The molecule has 0 heterocycles. The third kappa shape index (κ3) is 4.04. The van der Waals surface area contributed by atoms with Gasteiger partial charge in [-0.15, -0.1) is 0 Å². The fourth-order valence-corrected chi connectivity index (χ4v) is 1.85. The van der Waals surface area contributed by atoms with E-state index in [0.717, 1.165) is 23.0 Å². The van der Waals surface area contributed by atoms with E-state index in [4.69, 9.17) is 5.73 Å². The molecular weight excluding hydrogens is 310 g/mol. The Hall–Kier alpha value is -1.40. The maximum absolute atomic E-state index is 11.6. The van der Waals surface area contributed by atoms with Crippen molar-refractivity contribution in [1.29, 1.82) is 0 Å². The van der Waals surface area contributed by atoms with Gasteiger partial charge < -0.3 is 16.4 Å². The minimum atomic E-state index is -0.678. The van der Waals surface area contributed by atoms with E-state index >= 15 is 0 Å². The molecule has 1 aromatic rings. The van der Waals surface area contributed by atoms with Gasteiger partial charge in [0.25, 0.3) is 0 Å². The Balaban J connectivity index is 1.70. The number of hydrogen-bond donors (Lipinski definition) is 3. The molecule has 0 saturated heterocycles. The average molecular weight is 326 g/mol. The molecule has 1 aliphatic carbocycles. The van der Waals surface area contributed by atoms with E-state index < -0.39 is 5.54 Å². The molecule has 0 spiro atoms. The molecule has 0 bridgehead atoms. The lowest BCUT2D eigenvalue weighted by Gasteiger charge is -2.10. The van der Waals surface area contributed by atoms with Crippen LogP contribution in [-0.2, 0) is 9.59 Å². The van der Waals surface area contributed by atoms with Crippen molar-refractivity contribution in [3.8, 4) is 0 Å². The van der Waals surface area contributed by atoms with Crippen molar-refractivity contribution in [3.63, 3.8) is 0 Å². The van der Waals surface area contributed by atoms with Crippen molar-refractivity contribution in [1.82, 2.24) is 5.32 Å². The molecule has 0 radical (unpaired) electrons. The first kappa shape index (κ1) is 14.0. The normalized spacial score (nSPS) is 15.7. The summed E-state index contributed by atoms with van der Waals surface area (Å²) in [6.45, 7) is 0.306. The zero-order valence-electron chi connectivity index (χ0n) is 10.4. The highest BCUT2D eigenvalue weighted by Crippen LogP contribution is 2.31. The summed E-state index contributed by atoms with van der Waals surface area (Å²) < 4.78 is 0.954. The second-order valence-corrected chi connectivity index (χ2v) is 5.63. The monoisotopic (exact) mass is 325 g/mol. The van der Waals surface area contributed by atoms with E-state index in [9.17, 15) is 9.59 Å². The Labute approximate surface area is 120 Å². The maximum Gasteiger partial charge on any atom is 0.240 e. The SMILES string of the molecule is NC1(C(=O)NCCC(=O)Nc2ccc(Br)cc2)CC1. The number of nitrogens with one attached hydrogen (secondary N) is 2. The first-order valence-corrected chi connectivity index (χ1v) is 6.91. The van der Waals surface area contributed by atoms with Crippen LogP contribution in [0.3, 0.4) is 0 Å². The third-order valence-electron chi connectivity index (χ3n) is 3.01. The van der Waals surface area contributed by atoms with E-state index in [2.05, 4.69) is 26.6 Å². The van der Waals surface area contributed by atoms with Crippen molar-refractivity contribution in [3.05, 3.63) is 28.7 Å². The highest BCUT2D eigenvalue weighted by Gasteiger charge is 2.45. The topological polar surface area (TPSA) is 84.2 Å². The molecule has 1 aliphatic rings. The molecule has 1 fully saturated rings. The van der Waals surface area contributed by atoms with E-state index in [0.29, 0.717) is 6.54 Å². The summed E-state index contributed by atoms with van der Waals surface area (Å²) in [6, 6.07) is 7.31. The number of amides is 2. The van der Waals surface area contributed by atoms with Crippen molar-refractivity contribution < 1.29 is 9.59 Å². The van der Waals surface area contributed by atoms with Gasteiger partial charge in [0.15, 0.2) is 0 Å². The lowest BCUT2D eigenvalue weighted by molar-refractivity contribution is -0.123. The Morgan fingerprint density at radius 3 is 2.47 bits per heavy atom. The summed E-state index contributed by atoms with van der Waals surface area (Å²) in [5.41, 5.74) is 5.78. The molecule has 2 rings (SSSR count). The van der Waals surface area contributed by atoms with Gasteiger partial charge in [0, 0.05) is 23.1 Å². The van der Waals surface area contributed by atoms with Gasteiger partial charge >= 0.3 is 0 Å². The number of halogens is 1. The number of hydrogen-bond acceptors (Lipinski definition) is 3. The van der Waals surface area contributed by atoms with Gasteiger partial charge in [0.05, 0.1) is 5.54 Å². The summed E-state index contributed by atoms with van der Waals surface area (Å²) >= 11 is 3.32. The van der Waals surface area contributed by atoms with E-state index in [1.54, 1.807) is 12.1 Å². The first-order valence-electron chi connectivity index (χ1n) is 6.12. The van der Waals surface area contributed by atoms with E-state index in [1.807, 2.05) is 12.1 Å². The molecule has 1 saturated carbocycles. The number of nitrogens with two attached hydrogens (primary N) is 1. The molecule has 0 aliphatic heterocycles. The summed E-state index contributed by atoms with van der Waals surface area (Å²) in [7, 11) is 0. The molecule has 2 amide bonds. The molecule has 4 N–H and O–H groups in total. The molecule has 0 aromatic heterocycles. The first-order chi connectivity index (χ1) is 8.99. The number of carbonyl (C=O) groups excluding carboxylic acids is 2. The van der Waals surface area contributed by atoms with Crippen molar-refractivity contribution >= 4 is 33.4 Å². The van der Waals surface area contributed by atoms with Crippen LogP contribution in [0.4, 0.5) is 5.69 Å². The molecule has 0 atom stereocenters. The van der Waals surface area contributed by atoms with Crippen LogP contribution in [0.1, 0.15) is 19.3 Å². The molecule has 6 heteroatoms. The summed E-state index contributed by atoms with van der Waals surface area (Å²) in [6.07, 6.45) is 1.69. The second kappa shape index (κ2) is 5.71. The smallest absolute Gasteiger partial charge is 0.240 e. The van der Waals surface area contributed by atoms with Gasteiger partial charge in [-0.1, -0.05) is 15.9 Å². The summed E-state index contributed by atoms with van der Waals surface area (Å²) in [4.78, 5) is 23.2. The van der Waals surface area contributed by atoms with Crippen LogP contribution in [0.5, 0.6) is 0 Å². The third-order valence-corrected chi connectivity index (χ3v) is 3.54. The van der Waals surface area contributed by atoms with Crippen LogP contribution in [-0.4, -0.2) is 23.9 Å². The highest BCUT2D eigenvalue weighted by atomic mass is 79.9. The lowest BCUT2D eigenvalue weighted by atomic mass is 10.2. The fraction of sp³-hybridized carbons (Fsp3) is 0.385. The quantitative estimate of drug-likeness (QED) is 0.764. The molecule has 1 aromatic carbocycles. The predicted molar refractivity (Wildman–Crippen MR) is 76.6 cm³/mol. The van der Waals surface area contributed by atoms with Gasteiger partial charge in [0.1, 0.15) is 0 Å². The zero-order chi connectivity index (χ0) is 13.9. The Morgan fingerprint density at radius 2 is 1.89 bits per heavy atom. The van der Waals surface area contributed by atoms with Crippen LogP contribution in [0.15, 0.2) is 28.7 Å². The maximum atomic E-state index is 11.6. The summed E-state index contributed by atoms with van der Waals surface area (Å²) in [5, 5.41) is 5.43. The van der Waals surface area contributed by atoms with Crippen LogP contribution >= 0.6 is 15.9 Å². The van der Waals surface area contributed by atoms with Crippen LogP contribution < -0.4 is 16.4 Å². The van der Waals surface area contributed by atoms with Gasteiger partial charge in [-0.05, 0) is 37.1 Å². The lowest BCUT2D eigenvalue weighted by Crippen LogP contribution is -2.43. The van der Waals surface area contributed by atoms with Gasteiger partial charge in [0.2, 0.25) is 11.8 Å². The van der Waals surface area contributed by atoms with Crippen molar-refractivity contribution in [2.75, 3.05) is 11.9 Å². The Morgan fingerprint density at radius 1 is 1.26 bits per heavy atom. The van der Waals surface area contributed by atoms with Gasteiger partial charge in [-0.3, -0.25) is 9.59 Å². The molecular formula is C13H16BrN3O2. The minimum absolute atomic E-state index is 0.135. The number of rotatable bonds is 5. The van der Waals surface area contributed by atoms with Crippen LogP contribution in [0, 0.1) is 0 Å². The van der Waals surface area contributed by atoms with E-state index in [-0.39, 0.29) is 18.2 Å². The fourth-order valence-electron chi connectivity index (χ4n) is 1.58. The minimum Gasteiger partial charge on any atom is -0.354 e. The number of anilines is 1. The predicted octanol–water partition coefficient (Wildman–Crippen LogP) is 1.39. The Bertz CT molecular complexity index is 483. The molecule has 19 heavy (non-hydrogen) atoms. The number of carbonyl (C=O) groups is 2. The second-order valence-electron chi connectivity index (χ2n) is 4.72. The average Bonchev–Trinajstić information content (AvgIpc) is 3.11. The van der Waals surface area contributed by atoms with Crippen LogP contribution in [0.25, 0.3) is 0 Å². The van der Waals surface area contributed by atoms with Gasteiger partial charge in [-0.25, -0.2) is 0 Å². The van der Waals surface area contributed by atoms with E-state index in [1.165, 1.54) is 0 Å². The number of benzene rings is 1. The van der Waals surface area contributed by atoms with Crippen LogP contribution in [0.2, 0.25) is 0 Å². The summed E-state index contributed by atoms with van der Waals surface area (Å²) in [5.74, 6) is -0.298. The highest BCUT2D eigenvalue weighted by molar-refractivity contribution is 9.10. The van der Waals surface area contributed by atoms with Gasteiger partial charge in [-0.2, -0.15) is 0 Å².